The SMILES string of the molecule is Nc1onc(-c2cc(Cl)ccc2I)c1-c1ccccc1Br. The van der Waals surface area contributed by atoms with E-state index in [0.717, 1.165) is 24.7 Å². The van der Waals surface area contributed by atoms with Crippen molar-refractivity contribution in [1.82, 2.24) is 5.16 Å². The number of anilines is 1. The first-order chi connectivity index (χ1) is 10.1. The van der Waals surface area contributed by atoms with Gasteiger partial charge in [-0.1, -0.05) is 50.9 Å². The van der Waals surface area contributed by atoms with E-state index in [1.165, 1.54) is 0 Å². The van der Waals surface area contributed by atoms with Gasteiger partial charge in [0.15, 0.2) is 0 Å². The average Bonchev–Trinajstić information content (AvgIpc) is 2.84. The monoisotopic (exact) mass is 474 g/mol. The van der Waals surface area contributed by atoms with Crippen molar-refractivity contribution in [3.05, 3.63) is 55.5 Å². The topological polar surface area (TPSA) is 52.0 Å². The number of hydrogen-bond donors (Lipinski definition) is 1. The molecular weight excluding hydrogens is 466 g/mol. The molecule has 0 bridgehead atoms. The predicted octanol–water partition coefficient (Wildman–Crippen LogP) is 5.61. The van der Waals surface area contributed by atoms with Crippen molar-refractivity contribution in [2.45, 2.75) is 0 Å². The van der Waals surface area contributed by atoms with Gasteiger partial charge in [-0.05, 0) is 46.9 Å². The minimum atomic E-state index is 0.285. The fraction of sp³-hybridized carbons (Fsp3) is 0. The minimum Gasteiger partial charge on any atom is -0.367 e. The fourth-order valence-electron chi connectivity index (χ4n) is 2.09. The van der Waals surface area contributed by atoms with Crippen molar-refractivity contribution in [3.63, 3.8) is 0 Å². The molecule has 0 unspecified atom stereocenters. The molecule has 0 aliphatic heterocycles. The van der Waals surface area contributed by atoms with Crippen LogP contribution >= 0.6 is 50.1 Å². The lowest BCUT2D eigenvalue weighted by atomic mass is 10.0. The summed E-state index contributed by atoms with van der Waals surface area (Å²) in [4.78, 5) is 0. The Kier molecular flexibility index (Phi) is 4.24. The van der Waals surface area contributed by atoms with E-state index in [1.807, 2.05) is 42.5 Å². The second-order valence-corrected chi connectivity index (χ2v) is 6.83. The number of aromatic nitrogens is 1. The Bertz CT molecular complexity index is 819. The molecule has 21 heavy (non-hydrogen) atoms. The first-order valence-corrected chi connectivity index (χ1v) is 8.28. The molecular formula is C15H9BrClIN2O. The summed E-state index contributed by atoms with van der Waals surface area (Å²) in [6.45, 7) is 0. The molecule has 0 saturated heterocycles. The summed E-state index contributed by atoms with van der Waals surface area (Å²) in [5.41, 5.74) is 9.26. The highest BCUT2D eigenvalue weighted by atomic mass is 127. The van der Waals surface area contributed by atoms with Crippen LogP contribution in [0.4, 0.5) is 5.88 Å². The van der Waals surface area contributed by atoms with Gasteiger partial charge in [-0.25, -0.2) is 0 Å². The van der Waals surface area contributed by atoms with Crippen molar-refractivity contribution in [2.75, 3.05) is 5.73 Å². The smallest absolute Gasteiger partial charge is 0.230 e. The molecule has 0 amide bonds. The Morgan fingerprint density at radius 2 is 1.90 bits per heavy atom. The molecule has 0 aliphatic rings. The van der Waals surface area contributed by atoms with Gasteiger partial charge in [-0.15, -0.1) is 0 Å². The second-order valence-electron chi connectivity index (χ2n) is 4.37. The predicted molar refractivity (Wildman–Crippen MR) is 97.2 cm³/mol. The maximum atomic E-state index is 6.10. The van der Waals surface area contributed by atoms with E-state index in [-0.39, 0.29) is 5.88 Å². The lowest BCUT2D eigenvalue weighted by molar-refractivity contribution is 0.439. The van der Waals surface area contributed by atoms with Crippen LogP contribution in [0, 0.1) is 3.57 Å². The quantitative estimate of drug-likeness (QED) is 0.490. The van der Waals surface area contributed by atoms with Crippen LogP contribution in [0.2, 0.25) is 5.02 Å². The van der Waals surface area contributed by atoms with Crippen LogP contribution in [0.5, 0.6) is 0 Å². The normalized spacial score (nSPS) is 10.8. The molecule has 1 aromatic heterocycles. The molecule has 0 saturated carbocycles. The average molecular weight is 476 g/mol. The summed E-state index contributed by atoms with van der Waals surface area (Å²) >= 11 is 11.9. The van der Waals surface area contributed by atoms with Gasteiger partial charge in [0.25, 0.3) is 0 Å². The van der Waals surface area contributed by atoms with Gasteiger partial charge in [0.05, 0.1) is 5.56 Å². The van der Waals surface area contributed by atoms with E-state index in [0.29, 0.717) is 10.7 Å². The Labute approximate surface area is 148 Å². The van der Waals surface area contributed by atoms with Crippen LogP contribution in [0.1, 0.15) is 0 Å². The van der Waals surface area contributed by atoms with Crippen molar-refractivity contribution in [3.8, 4) is 22.4 Å². The lowest BCUT2D eigenvalue weighted by Crippen LogP contribution is -1.90. The molecule has 3 aromatic rings. The maximum Gasteiger partial charge on any atom is 0.230 e. The van der Waals surface area contributed by atoms with Crippen molar-refractivity contribution < 1.29 is 4.52 Å². The maximum absolute atomic E-state index is 6.10. The summed E-state index contributed by atoms with van der Waals surface area (Å²) in [6.07, 6.45) is 0. The molecule has 0 atom stereocenters. The number of halogens is 3. The minimum absolute atomic E-state index is 0.285. The van der Waals surface area contributed by atoms with Gasteiger partial charge in [-0.3, -0.25) is 0 Å². The van der Waals surface area contributed by atoms with Gasteiger partial charge in [0.1, 0.15) is 5.69 Å². The molecule has 106 valence electrons. The van der Waals surface area contributed by atoms with Gasteiger partial charge < -0.3 is 10.3 Å². The summed E-state index contributed by atoms with van der Waals surface area (Å²) in [6, 6.07) is 13.4. The third-order valence-electron chi connectivity index (χ3n) is 3.05. The van der Waals surface area contributed by atoms with Crippen molar-refractivity contribution in [2.24, 2.45) is 0 Å². The molecule has 1 heterocycles. The Morgan fingerprint density at radius 1 is 1.14 bits per heavy atom. The third-order valence-corrected chi connectivity index (χ3v) is 4.91. The van der Waals surface area contributed by atoms with E-state index in [2.05, 4.69) is 43.7 Å². The first-order valence-electron chi connectivity index (χ1n) is 6.03. The number of hydrogen-bond acceptors (Lipinski definition) is 3. The van der Waals surface area contributed by atoms with Crippen molar-refractivity contribution in [1.29, 1.82) is 0 Å². The van der Waals surface area contributed by atoms with E-state index >= 15 is 0 Å². The van der Waals surface area contributed by atoms with Gasteiger partial charge >= 0.3 is 0 Å². The highest BCUT2D eigenvalue weighted by Gasteiger charge is 2.20. The highest BCUT2D eigenvalue weighted by Crippen LogP contribution is 2.41. The number of benzene rings is 2. The third kappa shape index (κ3) is 2.82. The summed E-state index contributed by atoms with van der Waals surface area (Å²) in [5.74, 6) is 0.285. The zero-order chi connectivity index (χ0) is 15.0. The van der Waals surface area contributed by atoms with E-state index in [1.54, 1.807) is 0 Å². The molecule has 0 radical (unpaired) electrons. The molecule has 0 aliphatic carbocycles. The van der Waals surface area contributed by atoms with Crippen LogP contribution < -0.4 is 5.73 Å². The van der Waals surface area contributed by atoms with E-state index in [9.17, 15) is 0 Å². The standard InChI is InChI=1S/C15H9BrClIN2O/c16-11-4-2-1-3-9(11)13-14(20-21-15(13)19)10-7-8(17)5-6-12(10)18/h1-7H,19H2. The highest BCUT2D eigenvalue weighted by molar-refractivity contribution is 14.1. The zero-order valence-electron chi connectivity index (χ0n) is 10.6. The molecule has 2 aromatic carbocycles. The summed E-state index contributed by atoms with van der Waals surface area (Å²) < 4.78 is 7.17. The Hall–Kier alpha value is -1.05. The number of nitrogen functional groups attached to an aromatic ring is 1. The zero-order valence-corrected chi connectivity index (χ0v) is 15.1. The van der Waals surface area contributed by atoms with Crippen LogP contribution in [-0.4, -0.2) is 5.16 Å². The fourth-order valence-corrected chi connectivity index (χ4v) is 3.34. The summed E-state index contributed by atoms with van der Waals surface area (Å²) in [7, 11) is 0. The number of rotatable bonds is 2. The Morgan fingerprint density at radius 3 is 2.67 bits per heavy atom. The van der Waals surface area contributed by atoms with Crippen LogP contribution in [0.3, 0.4) is 0 Å². The number of nitrogens with zero attached hydrogens (tertiary/aromatic N) is 1. The molecule has 2 N–H and O–H groups in total. The van der Waals surface area contributed by atoms with Crippen LogP contribution in [-0.2, 0) is 0 Å². The van der Waals surface area contributed by atoms with Crippen LogP contribution in [0.25, 0.3) is 22.4 Å². The van der Waals surface area contributed by atoms with Gasteiger partial charge in [-0.2, -0.15) is 0 Å². The molecule has 0 spiro atoms. The van der Waals surface area contributed by atoms with Gasteiger partial charge in [0.2, 0.25) is 5.88 Å². The molecule has 0 fully saturated rings. The first kappa shape index (κ1) is 14.9. The molecule has 3 nitrogen and oxygen atoms in total. The van der Waals surface area contributed by atoms with E-state index < -0.39 is 0 Å². The number of nitrogens with two attached hydrogens (primary N) is 1. The summed E-state index contributed by atoms with van der Waals surface area (Å²) in [5, 5.41) is 4.76. The van der Waals surface area contributed by atoms with Crippen molar-refractivity contribution >= 4 is 56.0 Å². The largest absolute Gasteiger partial charge is 0.367 e. The van der Waals surface area contributed by atoms with Crippen LogP contribution in [0.15, 0.2) is 51.5 Å². The molecule has 3 rings (SSSR count). The van der Waals surface area contributed by atoms with Gasteiger partial charge in [0, 0.05) is 24.2 Å². The lowest BCUT2D eigenvalue weighted by Gasteiger charge is -2.07. The van der Waals surface area contributed by atoms with E-state index in [4.69, 9.17) is 21.9 Å². The Balaban J connectivity index is 2.27. The second kappa shape index (κ2) is 5.98. The molecule has 6 heteroatoms.